The summed E-state index contributed by atoms with van der Waals surface area (Å²) in [5, 5.41) is 0. The van der Waals surface area contributed by atoms with Crippen molar-refractivity contribution in [1.82, 2.24) is 4.90 Å². The lowest BCUT2D eigenvalue weighted by Crippen LogP contribution is -2.38. The molecular formula is C22H31NO3. The topological polar surface area (TPSA) is 46.6 Å². The summed E-state index contributed by atoms with van der Waals surface area (Å²) in [4.78, 5) is 25.6. The fraction of sp³-hybridized carbons (Fsp3) is 0.545. The molecule has 1 aliphatic carbocycles. The molecule has 26 heavy (non-hydrogen) atoms. The van der Waals surface area contributed by atoms with E-state index in [1.807, 2.05) is 26.8 Å². The lowest BCUT2D eigenvalue weighted by atomic mass is 9.70. The molecule has 0 N–H and O–H groups in total. The number of rotatable bonds is 4. The molecule has 0 saturated heterocycles. The van der Waals surface area contributed by atoms with E-state index in [4.69, 9.17) is 4.74 Å². The lowest BCUT2D eigenvalue weighted by molar-refractivity contribution is -0.115. The average molecular weight is 357 g/mol. The first kappa shape index (κ1) is 20.2. The molecule has 0 unspecified atom stereocenters. The predicted octanol–water partition coefficient (Wildman–Crippen LogP) is 4.72. The van der Waals surface area contributed by atoms with Crippen LogP contribution in [0.3, 0.4) is 0 Å². The van der Waals surface area contributed by atoms with Crippen molar-refractivity contribution in [3.63, 3.8) is 0 Å². The van der Waals surface area contributed by atoms with Gasteiger partial charge in [-0.15, -0.1) is 0 Å². The maximum atomic E-state index is 12.3. The summed E-state index contributed by atoms with van der Waals surface area (Å²) in [6.45, 7) is 10.4. The minimum absolute atomic E-state index is 0.171. The van der Waals surface area contributed by atoms with Gasteiger partial charge < -0.3 is 9.64 Å². The van der Waals surface area contributed by atoms with Gasteiger partial charge in [0.05, 0.1) is 0 Å². The Morgan fingerprint density at radius 1 is 1.23 bits per heavy atom. The van der Waals surface area contributed by atoms with Crippen LogP contribution in [-0.2, 0) is 14.9 Å². The highest BCUT2D eigenvalue weighted by Crippen LogP contribution is 2.38. The standard InChI is InChI=1S/C22H31NO3/c1-16-7-8-18(15-17(16)2)22(11-9-19(24)10-12-22)13-14-23(6)20(25)26-21(3,4)5/h7-9,11,15H,10,12-14H2,1-6H3/t22-/m1/s1. The molecular weight excluding hydrogens is 326 g/mol. The van der Waals surface area contributed by atoms with Crippen LogP contribution in [0.4, 0.5) is 4.79 Å². The highest BCUT2D eigenvalue weighted by atomic mass is 16.6. The minimum Gasteiger partial charge on any atom is -0.444 e. The molecule has 1 aromatic carbocycles. The van der Waals surface area contributed by atoms with Gasteiger partial charge in [0.15, 0.2) is 5.78 Å². The molecule has 1 atom stereocenters. The van der Waals surface area contributed by atoms with Crippen molar-refractivity contribution < 1.29 is 14.3 Å². The van der Waals surface area contributed by atoms with Crippen LogP contribution in [0.1, 0.15) is 56.7 Å². The van der Waals surface area contributed by atoms with E-state index in [1.165, 1.54) is 16.7 Å². The van der Waals surface area contributed by atoms with E-state index in [1.54, 1.807) is 18.0 Å². The van der Waals surface area contributed by atoms with E-state index in [0.717, 1.165) is 12.8 Å². The van der Waals surface area contributed by atoms with Crippen LogP contribution >= 0.6 is 0 Å². The third-order valence-corrected chi connectivity index (χ3v) is 5.09. The zero-order valence-electron chi connectivity index (χ0n) is 16.9. The maximum Gasteiger partial charge on any atom is 0.410 e. The Balaban J connectivity index is 2.21. The van der Waals surface area contributed by atoms with E-state index < -0.39 is 5.60 Å². The van der Waals surface area contributed by atoms with E-state index in [0.29, 0.717) is 13.0 Å². The number of amides is 1. The third kappa shape index (κ3) is 4.96. The number of benzene rings is 1. The number of carbonyl (C=O) groups is 2. The van der Waals surface area contributed by atoms with Crippen molar-refractivity contribution in [3.8, 4) is 0 Å². The Kier molecular flexibility index (Phi) is 5.94. The van der Waals surface area contributed by atoms with Crippen LogP contribution in [0.15, 0.2) is 30.4 Å². The van der Waals surface area contributed by atoms with Crippen molar-refractivity contribution in [3.05, 3.63) is 47.0 Å². The second-order valence-corrected chi connectivity index (χ2v) is 8.41. The van der Waals surface area contributed by atoms with Gasteiger partial charge in [0.25, 0.3) is 0 Å². The Hall–Kier alpha value is -2.10. The fourth-order valence-corrected chi connectivity index (χ4v) is 3.21. The van der Waals surface area contributed by atoms with Crippen molar-refractivity contribution in [2.45, 2.75) is 64.9 Å². The summed E-state index contributed by atoms with van der Waals surface area (Å²) in [6, 6.07) is 6.49. The Morgan fingerprint density at radius 2 is 1.92 bits per heavy atom. The molecule has 1 amide bonds. The van der Waals surface area contributed by atoms with E-state index in [2.05, 4.69) is 32.0 Å². The average Bonchev–Trinajstić information content (AvgIpc) is 2.55. The van der Waals surface area contributed by atoms with Crippen LogP contribution in [0, 0.1) is 13.8 Å². The van der Waals surface area contributed by atoms with Gasteiger partial charge in [0, 0.05) is 25.4 Å². The first-order valence-electron chi connectivity index (χ1n) is 9.26. The molecule has 0 aromatic heterocycles. The zero-order chi connectivity index (χ0) is 19.5. The molecule has 142 valence electrons. The summed E-state index contributed by atoms with van der Waals surface area (Å²) in [5.41, 5.74) is 2.98. The molecule has 0 radical (unpaired) electrons. The van der Waals surface area contributed by atoms with Crippen molar-refractivity contribution >= 4 is 11.9 Å². The Morgan fingerprint density at radius 3 is 2.46 bits per heavy atom. The molecule has 4 heteroatoms. The second kappa shape index (κ2) is 7.65. The summed E-state index contributed by atoms with van der Waals surface area (Å²) in [7, 11) is 1.76. The SMILES string of the molecule is Cc1ccc([C@]2(CCN(C)C(=O)OC(C)(C)C)C=CC(=O)CC2)cc1C. The highest BCUT2D eigenvalue weighted by Gasteiger charge is 2.33. The Bertz CT molecular complexity index is 715. The van der Waals surface area contributed by atoms with Crippen molar-refractivity contribution in [2.75, 3.05) is 13.6 Å². The summed E-state index contributed by atoms with van der Waals surface area (Å²) < 4.78 is 5.44. The van der Waals surface area contributed by atoms with E-state index in [-0.39, 0.29) is 17.3 Å². The number of ketones is 1. The first-order valence-corrected chi connectivity index (χ1v) is 9.26. The largest absolute Gasteiger partial charge is 0.444 e. The molecule has 0 fully saturated rings. The highest BCUT2D eigenvalue weighted by molar-refractivity contribution is 5.91. The number of nitrogens with zero attached hydrogens (tertiary/aromatic N) is 1. The van der Waals surface area contributed by atoms with Gasteiger partial charge in [-0.05, 0) is 70.2 Å². The fourth-order valence-electron chi connectivity index (χ4n) is 3.21. The summed E-state index contributed by atoms with van der Waals surface area (Å²) in [5.74, 6) is 0.171. The van der Waals surface area contributed by atoms with Gasteiger partial charge >= 0.3 is 6.09 Å². The second-order valence-electron chi connectivity index (χ2n) is 8.41. The predicted molar refractivity (Wildman–Crippen MR) is 104 cm³/mol. The number of carbonyl (C=O) groups excluding carboxylic acids is 2. The molecule has 0 spiro atoms. The smallest absolute Gasteiger partial charge is 0.410 e. The quantitative estimate of drug-likeness (QED) is 0.783. The van der Waals surface area contributed by atoms with Crippen molar-refractivity contribution in [1.29, 1.82) is 0 Å². The molecule has 0 aliphatic heterocycles. The molecule has 0 heterocycles. The number of ether oxygens (including phenoxy) is 1. The molecule has 1 aromatic rings. The van der Waals surface area contributed by atoms with Crippen molar-refractivity contribution in [2.24, 2.45) is 0 Å². The lowest BCUT2D eigenvalue weighted by Gasteiger charge is -2.35. The molecule has 2 rings (SSSR count). The van der Waals surface area contributed by atoms with Gasteiger partial charge in [-0.3, -0.25) is 4.79 Å². The van der Waals surface area contributed by atoms with Crippen LogP contribution in [0.2, 0.25) is 0 Å². The van der Waals surface area contributed by atoms with Gasteiger partial charge in [-0.2, -0.15) is 0 Å². The third-order valence-electron chi connectivity index (χ3n) is 5.09. The number of allylic oxidation sites excluding steroid dienone is 2. The van der Waals surface area contributed by atoms with Gasteiger partial charge in [0.1, 0.15) is 5.60 Å². The Labute approximate surface area is 157 Å². The monoisotopic (exact) mass is 357 g/mol. The molecule has 1 aliphatic rings. The summed E-state index contributed by atoms with van der Waals surface area (Å²) >= 11 is 0. The van der Waals surface area contributed by atoms with Crippen LogP contribution in [0.5, 0.6) is 0 Å². The number of hydrogen-bond donors (Lipinski definition) is 0. The van der Waals surface area contributed by atoms with Crippen LogP contribution in [0.25, 0.3) is 0 Å². The molecule has 0 saturated carbocycles. The summed E-state index contributed by atoms with van der Waals surface area (Å²) in [6.07, 6.45) is 5.49. The molecule has 4 nitrogen and oxygen atoms in total. The zero-order valence-corrected chi connectivity index (χ0v) is 16.9. The van der Waals surface area contributed by atoms with Gasteiger partial charge in [-0.25, -0.2) is 4.79 Å². The number of aryl methyl sites for hydroxylation is 2. The maximum absolute atomic E-state index is 12.3. The van der Waals surface area contributed by atoms with Gasteiger partial charge in [0.2, 0.25) is 0 Å². The normalized spacial score (nSPS) is 20.2. The molecule has 0 bridgehead atoms. The van der Waals surface area contributed by atoms with Crippen LogP contribution in [-0.4, -0.2) is 36.0 Å². The van der Waals surface area contributed by atoms with Gasteiger partial charge in [-0.1, -0.05) is 24.3 Å². The minimum atomic E-state index is -0.506. The number of hydrogen-bond acceptors (Lipinski definition) is 3. The van der Waals surface area contributed by atoms with E-state index >= 15 is 0 Å². The van der Waals surface area contributed by atoms with E-state index in [9.17, 15) is 9.59 Å². The van der Waals surface area contributed by atoms with Crippen LogP contribution < -0.4 is 0 Å². The first-order chi connectivity index (χ1) is 12.0.